The topological polar surface area (TPSA) is 63.6 Å². The summed E-state index contributed by atoms with van der Waals surface area (Å²) in [6.07, 6.45) is -0.481. The first-order valence-corrected chi connectivity index (χ1v) is 7.06. The molecule has 5 nitrogen and oxygen atoms in total. The van der Waals surface area contributed by atoms with Crippen LogP contribution in [-0.2, 0) is 14.1 Å². The molecule has 0 heterocycles. The van der Waals surface area contributed by atoms with Crippen molar-refractivity contribution in [2.45, 2.75) is 13.0 Å². The van der Waals surface area contributed by atoms with Crippen molar-refractivity contribution in [2.75, 3.05) is 40.5 Å². The van der Waals surface area contributed by atoms with Crippen LogP contribution >= 0.6 is 7.37 Å². The van der Waals surface area contributed by atoms with Gasteiger partial charge in [-0.15, -0.1) is 0 Å². The Labute approximate surface area is 91.1 Å². The Kier molecular flexibility index (Phi) is 4.97. The van der Waals surface area contributed by atoms with Crippen LogP contribution in [0.5, 0.6) is 0 Å². The molecule has 90 valence electrons. The normalized spacial score (nSPS) is 18.0. The van der Waals surface area contributed by atoms with E-state index < -0.39 is 19.4 Å². The third-order valence-electron chi connectivity index (χ3n) is 1.63. The fourth-order valence-electron chi connectivity index (χ4n) is 1.36. The van der Waals surface area contributed by atoms with E-state index in [1.54, 1.807) is 0 Å². The third kappa shape index (κ3) is 9.91. The maximum atomic E-state index is 11.2. The van der Waals surface area contributed by atoms with Gasteiger partial charge in [-0.05, 0) is 0 Å². The van der Waals surface area contributed by atoms with Crippen molar-refractivity contribution in [3.05, 3.63) is 0 Å². The zero-order chi connectivity index (χ0) is 12.3. The molecule has 0 aliphatic carbocycles. The van der Waals surface area contributed by atoms with E-state index in [0.717, 1.165) is 0 Å². The van der Waals surface area contributed by atoms with E-state index in [-0.39, 0.29) is 6.16 Å². The summed E-state index contributed by atoms with van der Waals surface area (Å²) in [5, 5.41) is 0. The quantitative estimate of drug-likeness (QED) is 0.431. The molecule has 2 atom stereocenters. The highest BCUT2D eigenvalue weighted by Gasteiger charge is 2.26. The van der Waals surface area contributed by atoms with Crippen molar-refractivity contribution in [3.63, 3.8) is 0 Å². The third-order valence-corrected chi connectivity index (χ3v) is 2.71. The molecule has 0 saturated carbocycles. The van der Waals surface area contributed by atoms with E-state index in [1.165, 1.54) is 13.6 Å². The zero-order valence-electron chi connectivity index (χ0n) is 10.1. The summed E-state index contributed by atoms with van der Waals surface area (Å²) < 4.78 is 16.8. The molecule has 0 aromatic heterocycles. The lowest BCUT2D eigenvalue weighted by atomic mass is 10.3. The van der Waals surface area contributed by atoms with E-state index in [1.807, 2.05) is 21.1 Å². The number of quaternary nitrogens is 1. The number of carbonyl (C=O) groups is 1. The minimum atomic E-state index is -3.15. The number of rotatable bonds is 5. The number of esters is 1. The van der Waals surface area contributed by atoms with E-state index in [0.29, 0.717) is 11.0 Å². The van der Waals surface area contributed by atoms with E-state index in [9.17, 15) is 14.3 Å². The molecule has 0 bridgehead atoms. The van der Waals surface area contributed by atoms with E-state index in [4.69, 9.17) is 4.74 Å². The average Bonchev–Trinajstić information content (AvgIpc) is 1.73. The zero-order valence-corrected chi connectivity index (χ0v) is 11.0. The lowest BCUT2D eigenvalue weighted by Gasteiger charge is -2.29. The van der Waals surface area contributed by atoms with Gasteiger partial charge in [0.1, 0.15) is 6.54 Å². The number of hydrogen-bond donors (Lipinski definition) is 1. The molecule has 0 rings (SSSR count). The Bertz CT molecular complexity index is 266. The fourth-order valence-corrected chi connectivity index (χ4v) is 2.30. The molecule has 0 aromatic rings. The minimum Gasteiger partial charge on any atom is -0.456 e. The van der Waals surface area contributed by atoms with Crippen molar-refractivity contribution in [2.24, 2.45) is 0 Å². The highest BCUT2D eigenvalue weighted by molar-refractivity contribution is 7.57. The highest BCUT2D eigenvalue weighted by atomic mass is 31.2. The lowest BCUT2D eigenvalue weighted by Crippen LogP contribution is -2.44. The first-order valence-electron chi connectivity index (χ1n) is 4.76. The number of carbonyl (C=O) groups excluding carboxylic acids is 1. The molecule has 0 aromatic carbocycles. The van der Waals surface area contributed by atoms with Gasteiger partial charge in [0.15, 0.2) is 6.10 Å². The van der Waals surface area contributed by atoms with Gasteiger partial charge in [-0.2, -0.15) is 0 Å². The Morgan fingerprint density at radius 2 is 1.93 bits per heavy atom. The van der Waals surface area contributed by atoms with Crippen molar-refractivity contribution in [1.29, 1.82) is 0 Å². The average molecular weight is 238 g/mol. The Hall–Kier alpha value is -0.380. The van der Waals surface area contributed by atoms with E-state index in [2.05, 4.69) is 0 Å². The summed E-state index contributed by atoms with van der Waals surface area (Å²) in [5.74, 6) is -0.415. The Morgan fingerprint density at radius 3 is 2.20 bits per heavy atom. The highest BCUT2D eigenvalue weighted by Crippen LogP contribution is 2.36. The first-order chi connectivity index (χ1) is 6.49. The van der Waals surface area contributed by atoms with Crippen LogP contribution in [0.25, 0.3) is 0 Å². The molecule has 0 spiro atoms. The summed E-state index contributed by atoms with van der Waals surface area (Å²) in [5.41, 5.74) is 0. The molecular weight excluding hydrogens is 217 g/mol. The van der Waals surface area contributed by atoms with Crippen LogP contribution in [0.1, 0.15) is 6.92 Å². The molecule has 0 aliphatic heterocycles. The number of hydrogen-bond acceptors (Lipinski definition) is 3. The molecule has 0 aliphatic rings. The van der Waals surface area contributed by atoms with Gasteiger partial charge in [0, 0.05) is 13.6 Å². The van der Waals surface area contributed by atoms with Crippen LogP contribution < -0.4 is 0 Å². The molecule has 15 heavy (non-hydrogen) atoms. The van der Waals surface area contributed by atoms with Gasteiger partial charge < -0.3 is 14.1 Å². The molecule has 2 unspecified atom stereocenters. The summed E-state index contributed by atoms with van der Waals surface area (Å²) in [7, 11) is 2.67. The predicted molar refractivity (Wildman–Crippen MR) is 59.1 cm³/mol. The maximum absolute atomic E-state index is 11.2. The molecular formula is C9H21NO4P+. The summed E-state index contributed by atoms with van der Waals surface area (Å²) in [4.78, 5) is 20.1. The summed E-state index contributed by atoms with van der Waals surface area (Å²) in [6.45, 7) is 3.11. The van der Waals surface area contributed by atoms with Gasteiger partial charge in [-0.3, -0.25) is 9.36 Å². The molecule has 1 N–H and O–H groups in total. The second-order valence-electron chi connectivity index (χ2n) is 4.94. The smallest absolute Gasteiger partial charge is 0.303 e. The fraction of sp³-hybridized carbons (Fsp3) is 0.889. The van der Waals surface area contributed by atoms with Crippen molar-refractivity contribution in [3.8, 4) is 0 Å². The van der Waals surface area contributed by atoms with Crippen molar-refractivity contribution >= 4 is 13.3 Å². The largest absolute Gasteiger partial charge is 0.456 e. The van der Waals surface area contributed by atoms with Crippen LogP contribution in [-0.4, -0.2) is 62.0 Å². The Morgan fingerprint density at radius 1 is 1.47 bits per heavy atom. The van der Waals surface area contributed by atoms with Crippen molar-refractivity contribution in [1.82, 2.24) is 0 Å². The molecule has 0 saturated heterocycles. The monoisotopic (exact) mass is 238 g/mol. The number of nitrogens with zero attached hydrogens (tertiary/aromatic N) is 1. The Balaban J connectivity index is 4.45. The van der Waals surface area contributed by atoms with Crippen LogP contribution in [0.15, 0.2) is 0 Å². The SMILES string of the molecule is CC(=O)OC(C[N+](C)(C)C)CP(C)(=O)O. The number of likely N-dealkylation sites (N-methyl/N-ethyl adjacent to an activating group) is 1. The second kappa shape index (κ2) is 5.10. The van der Waals surface area contributed by atoms with Gasteiger partial charge in [-0.1, -0.05) is 0 Å². The van der Waals surface area contributed by atoms with E-state index >= 15 is 0 Å². The van der Waals surface area contributed by atoms with Crippen LogP contribution in [0.2, 0.25) is 0 Å². The standard InChI is InChI=1S/C9H20NO4P/c1-8(11)14-9(6-10(2,3)4)7-15(5,12)13/h9H,6-7H2,1-5H3/p+1. The van der Waals surface area contributed by atoms with Gasteiger partial charge in [0.25, 0.3) is 0 Å². The summed E-state index contributed by atoms with van der Waals surface area (Å²) >= 11 is 0. The van der Waals surface area contributed by atoms with Gasteiger partial charge in [-0.25, -0.2) is 0 Å². The number of ether oxygens (including phenoxy) is 1. The molecule has 0 fully saturated rings. The van der Waals surface area contributed by atoms with Gasteiger partial charge in [0.05, 0.1) is 27.3 Å². The summed E-state index contributed by atoms with van der Waals surface area (Å²) in [6, 6.07) is 0. The van der Waals surface area contributed by atoms with Gasteiger partial charge in [0.2, 0.25) is 7.37 Å². The minimum absolute atomic E-state index is 0.0160. The first kappa shape index (κ1) is 14.6. The molecule has 0 amide bonds. The van der Waals surface area contributed by atoms with Gasteiger partial charge >= 0.3 is 5.97 Å². The van der Waals surface area contributed by atoms with Crippen LogP contribution in [0.3, 0.4) is 0 Å². The second-order valence-corrected chi connectivity index (χ2v) is 7.40. The molecule has 6 heteroatoms. The lowest BCUT2D eigenvalue weighted by molar-refractivity contribution is -0.873. The van der Waals surface area contributed by atoms with Crippen molar-refractivity contribution < 1.29 is 23.5 Å². The maximum Gasteiger partial charge on any atom is 0.303 e. The van der Waals surface area contributed by atoms with Crippen LogP contribution in [0.4, 0.5) is 0 Å². The molecule has 0 radical (unpaired) electrons. The van der Waals surface area contributed by atoms with Crippen LogP contribution in [0, 0.1) is 0 Å². The predicted octanol–water partition coefficient (Wildman–Crippen LogP) is 0.524.